The summed E-state index contributed by atoms with van der Waals surface area (Å²) >= 11 is 0. The van der Waals surface area contributed by atoms with Crippen molar-refractivity contribution in [2.45, 2.75) is 52.7 Å². The number of carboxylic acid groups (broad SMARTS) is 1. The Balaban J connectivity index is 2.51. The summed E-state index contributed by atoms with van der Waals surface area (Å²) < 4.78 is 7.06. The maximum Gasteiger partial charge on any atom is 0.348 e. The number of rotatable bonds is 4. The molecule has 0 bridgehead atoms. The summed E-state index contributed by atoms with van der Waals surface area (Å²) in [7, 11) is 1.67. The second-order valence-electron chi connectivity index (χ2n) is 6.28. The van der Waals surface area contributed by atoms with Crippen molar-refractivity contribution in [2.75, 3.05) is 7.11 Å². The zero-order valence-corrected chi connectivity index (χ0v) is 13.1. The molecule has 2 atom stereocenters. The lowest BCUT2D eigenvalue weighted by Gasteiger charge is -2.52. The molecule has 0 spiro atoms. The van der Waals surface area contributed by atoms with Gasteiger partial charge in [-0.3, -0.25) is 9.36 Å². The SMILES string of the molecule is COC1CC(n2c(C)c(CC(=O)O)c(C)nc2=O)C1(C)C. The molecule has 2 unspecified atom stereocenters. The number of methoxy groups -OCH3 is 1. The van der Waals surface area contributed by atoms with Crippen LogP contribution in [0.2, 0.25) is 0 Å². The third-order valence-electron chi connectivity index (χ3n) is 4.75. The van der Waals surface area contributed by atoms with Crippen LogP contribution in [0.15, 0.2) is 4.79 Å². The molecule has 1 aliphatic carbocycles. The molecule has 6 heteroatoms. The van der Waals surface area contributed by atoms with Gasteiger partial charge < -0.3 is 9.84 Å². The molecule has 1 saturated carbocycles. The largest absolute Gasteiger partial charge is 0.481 e. The quantitative estimate of drug-likeness (QED) is 0.909. The number of aryl methyl sites for hydroxylation is 1. The maximum absolute atomic E-state index is 12.3. The van der Waals surface area contributed by atoms with Gasteiger partial charge >= 0.3 is 11.7 Å². The molecule has 1 N–H and O–H groups in total. The number of hydrogen-bond acceptors (Lipinski definition) is 4. The molecule has 1 aromatic heterocycles. The van der Waals surface area contributed by atoms with E-state index in [9.17, 15) is 9.59 Å². The van der Waals surface area contributed by atoms with Gasteiger partial charge in [-0.05, 0) is 20.3 Å². The summed E-state index contributed by atoms with van der Waals surface area (Å²) in [5.41, 5.74) is 1.32. The zero-order chi connectivity index (χ0) is 15.9. The molecular formula is C15H22N2O4. The first-order chi connectivity index (χ1) is 9.70. The average molecular weight is 294 g/mol. The second-order valence-corrected chi connectivity index (χ2v) is 6.28. The fourth-order valence-corrected chi connectivity index (χ4v) is 3.29. The number of ether oxygens (including phenoxy) is 1. The highest BCUT2D eigenvalue weighted by Gasteiger charge is 2.50. The Hall–Kier alpha value is -1.69. The summed E-state index contributed by atoms with van der Waals surface area (Å²) in [6, 6.07) is -0.0180. The molecule has 0 saturated heterocycles. The van der Waals surface area contributed by atoms with Gasteiger partial charge in [0.05, 0.1) is 12.5 Å². The maximum atomic E-state index is 12.3. The van der Waals surface area contributed by atoms with Crippen molar-refractivity contribution in [2.24, 2.45) is 5.41 Å². The molecular weight excluding hydrogens is 272 g/mol. The Morgan fingerprint density at radius 3 is 2.57 bits per heavy atom. The van der Waals surface area contributed by atoms with Gasteiger partial charge in [0, 0.05) is 35.5 Å². The van der Waals surface area contributed by atoms with Gasteiger partial charge in [-0.25, -0.2) is 4.79 Å². The Morgan fingerprint density at radius 2 is 2.10 bits per heavy atom. The standard InChI is InChI=1S/C15H22N2O4/c1-8-10(6-13(18)19)9(2)17(14(20)16-8)11-7-12(21-5)15(11,3)4/h11-12H,6-7H2,1-5H3,(H,18,19). The van der Waals surface area contributed by atoms with E-state index in [4.69, 9.17) is 9.84 Å². The molecule has 1 heterocycles. The van der Waals surface area contributed by atoms with E-state index in [0.717, 1.165) is 6.42 Å². The summed E-state index contributed by atoms with van der Waals surface area (Å²) in [4.78, 5) is 27.3. The molecule has 21 heavy (non-hydrogen) atoms. The van der Waals surface area contributed by atoms with E-state index >= 15 is 0 Å². The summed E-state index contributed by atoms with van der Waals surface area (Å²) in [5, 5.41) is 9.03. The van der Waals surface area contributed by atoms with Crippen molar-refractivity contribution in [3.8, 4) is 0 Å². The fraction of sp³-hybridized carbons (Fsp3) is 0.667. The van der Waals surface area contributed by atoms with E-state index in [1.165, 1.54) is 0 Å². The van der Waals surface area contributed by atoms with Crippen LogP contribution in [0, 0.1) is 19.3 Å². The van der Waals surface area contributed by atoms with Crippen LogP contribution in [0.25, 0.3) is 0 Å². The normalized spacial score (nSPS) is 23.7. The van der Waals surface area contributed by atoms with Crippen molar-refractivity contribution in [3.05, 3.63) is 27.4 Å². The van der Waals surface area contributed by atoms with Gasteiger partial charge in [-0.1, -0.05) is 13.8 Å². The predicted octanol–water partition coefficient (Wildman–Crippen LogP) is 1.47. The second kappa shape index (κ2) is 5.26. The minimum absolute atomic E-state index is 0.0180. The van der Waals surface area contributed by atoms with E-state index in [2.05, 4.69) is 18.8 Å². The lowest BCUT2D eigenvalue weighted by Crippen LogP contribution is -2.54. The Labute approximate surface area is 123 Å². The van der Waals surface area contributed by atoms with E-state index in [0.29, 0.717) is 17.0 Å². The molecule has 1 aromatic rings. The van der Waals surface area contributed by atoms with E-state index in [-0.39, 0.29) is 29.7 Å². The molecule has 0 aromatic carbocycles. The van der Waals surface area contributed by atoms with Gasteiger partial charge in [-0.2, -0.15) is 4.98 Å². The first-order valence-electron chi connectivity index (χ1n) is 7.03. The Kier molecular flexibility index (Phi) is 3.93. The van der Waals surface area contributed by atoms with Crippen LogP contribution in [0.4, 0.5) is 0 Å². The van der Waals surface area contributed by atoms with E-state index < -0.39 is 5.97 Å². The smallest absolute Gasteiger partial charge is 0.348 e. The number of nitrogens with zero attached hydrogens (tertiary/aromatic N) is 2. The van der Waals surface area contributed by atoms with Crippen LogP contribution < -0.4 is 5.69 Å². The highest BCUT2D eigenvalue weighted by Crippen LogP contribution is 2.50. The van der Waals surface area contributed by atoms with Crippen molar-refractivity contribution >= 4 is 5.97 Å². The minimum atomic E-state index is -0.921. The van der Waals surface area contributed by atoms with E-state index in [1.54, 1.807) is 25.5 Å². The van der Waals surface area contributed by atoms with Crippen LogP contribution in [0.3, 0.4) is 0 Å². The molecule has 0 aliphatic heterocycles. The summed E-state index contributed by atoms with van der Waals surface area (Å²) in [6.07, 6.45) is 0.714. The number of aliphatic carboxylic acids is 1. The third kappa shape index (κ3) is 2.48. The van der Waals surface area contributed by atoms with E-state index in [1.807, 2.05) is 0 Å². The van der Waals surface area contributed by atoms with Crippen LogP contribution >= 0.6 is 0 Å². The number of aromatic nitrogens is 2. The zero-order valence-electron chi connectivity index (χ0n) is 13.1. The minimum Gasteiger partial charge on any atom is -0.481 e. The van der Waals surface area contributed by atoms with Gasteiger partial charge in [0.1, 0.15) is 0 Å². The molecule has 116 valence electrons. The van der Waals surface area contributed by atoms with Gasteiger partial charge in [0.25, 0.3) is 0 Å². The van der Waals surface area contributed by atoms with Gasteiger partial charge in [-0.15, -0.1) is 0 Å². The van der Waals surface area contributed by atoms with Crippen molar-refractivity contribution in [1.29, 1.82) is 0 Å². The third-order valence-corrected chi connectivity index (χ3v) is 4.75. The van der Waals surface area contributed by atoms with Crippen molar-refractivity contribution in [3.63, 3.8) is 0 Å². The number of hydrogen-bond donors (Lipinski definition) is 1. The van der Waals surface area contributed by atoms with Crippen LogP contribution in [-0.4, -0.2) is 33.8 Å². The van der Waals surface area contributed by atoms with Crippen LogP contribution in [0.1, 0.15) is 43.3 Å². The summed E-state index contributed by atoms with van der Waals surface area (Å²) in [6.45, 7) is 7.58. The molecule has 0 radical (unpaired) electrons. The number of carbonyl (C=O) groups is 1. The van der Waals surface area contributed by atoms with Crippen LogP contribution in [-0.2, 0) is 16.0 Å². The summed E-state index contributed by atoms with van der Waals surface area (Å²) in [5.74, 6) is -0.921. The van der Waals surface area contributed by atoms with Gasteiger partial charge in [0.2, 0.25) is 0 Å². The Morgan fingerprint density at radius 1 is 1.48 bits per heavy atom. The highest BCUT2D eigenvalue weighted by molar-refractivity contribution is 5.70. The molecule has 1 fully saturated rings. The first-order valence-corrected chi connectivity index (χ1v) is 7.03. The van der Waals surface area contributed by atoms with Crippen molar-refractivity contribution < 1.29 is 14.6 Å². The molecule has 1 aliphatic rings. The highest BCUT2D eigenvalue weighted by atomic mass is 16.5. The molecule has 0 amide bonds. The lowest BCUT2D eigenvalue weighted by molar-refractivity contribution is -0.136. The molecule has 2 rings (SSSR count). The van der Waals surface area contributed by atoms with Crippen LogP contribution in [0.5, 0.6) is 0 Å². The lowest BCUT2D eigenvalue weighted by atomic mass is 9.64. The Bertz CT molecular complexity index is 633. The molecule has 6 nitrogen and oxygen atoms in total. The predicted molar refractivity (Wildman–Crippen MR) is 77.5 cm³/mol. The average Bonchev–Trinajstić information content (AvgIpc) is 2.37. The van der Waals surface area contributed by atoms with Gasteiger partial charge in [0.15, 0.2) is 0 Å². The fourth-order valence-electron chi connectivity index (χ4n) is 3.29. The first kappa shape index (κ1) is 15.7. The van der Waals surface area contributed by atoms with Crippen molar-refractivity contribution in [1.82, 2.24) is 9.55 Å². The monoisotopic (exact) mass is 294 g/mol. The number of carboxylic acids is 1. The topological polar surface area (TPSA) is 81.4 Å².